The van der Waals surface area contributed by atoms with E-state index >= 15 is 0 Å². The maximum absolute atomic E-state index is 12.7. The Bertz CT molecular complexity index is 956. The zero-order valence-electron chi connectivity index (χ0n) is 16.1. The van der Waals surface area contributed by atoms with Crippen molar-refractivity contribution in [3.8, 4) is 11.7 Å². The van der Waals surface area contributed by atoms with Gasteiger partial charge in [0.05, 0.1) is 11.5 Å². The van der Waals surface area contributed by atoms with Crippen molar-refractivity contribution < 1.29 is 18.4 Å². The van der Waals surface area contributed by atoms with Crippen LogP contribution < -0.4 is 5.32 Å². The molecule has 1 aromatic carbocycles. The third-order valence-corrected chi connectivity index (χ3v) is 4.83. The average Bonchev–Trinajstić information content (AvgIpc) is 3.32. The molecule has 0 aliphatic rings. The highest BCUT2D eigenvalue weighted by Crippen LogP contribution is 2.28. The number of nitrogens with one attached hydrogen (secondary N) is 1. The van der Waals surface area contributed by atoms with E-state index in [-0.39, 0.29) is 17.6 Å². The lowest BCUT2D eigenvalue weighted by Crippen LogP contribution is -2.27. The Morgan fingerprint density at radius 2 is 1.82 bits per heavy atom. The molecule has 2 heterocycles. The van der Waals surface area contributed by atoms with Gasteiger partial charge < -0.3 is 14.2 Å². The second kappa shape index (κ2) is 8.02. The number of nitrogens with zero attached hydrogens (tertiary/aromatic N) is 2. The number of rotatable bonds is 6. The Morgan fingerprint density at radius 3 is 2.43 bits per heavy atom. The highest BCUT2D eigenvalue weighted by molar-refractivity contribution is 8.00. The fourth-order valence-electron chi connectivity index (χ4n) is 2.23. The molecule has 1 atom stereocenters. The van der Waals surface area contributed by atoms with Crippen LogP contribution in [0.3, 0.4) is 0 Å². The highest BCUT2D eigenvalue weighted by Gasteiger charge is 2.22. The smallest absolute Gasteiger partial charge is 0.284 e. The first kappa shape index (κ1) is 19.9. The van der Waals surface area contributed by atoms with Crippen molar-refractivity contribution in [3.63, 3.8) is 0 Å². The quantitative estimate of drug-likeness (QED) is 0.475. The van der Waals surface area contributed by atoms with E-state index in [2.05, 4.69) is 15.5 Å². The third-order valence-electron chi connectivity index (χ3n) is 3.89. The molecular formula is C20H21N3O4S. The lowest BCUT2D eigenvalue weighted by atomic mass is 9.95. The summed E-state index contributed by atoms with van der Waals surface area (Å²) in [6, 6.07) is 10.3. The summed E-state index contributed by atoms with van der Waals surface area (Å²) in [5.41, 5.74) is 0.703. The van der Waals surface area contributed by atoms with E-state index in [1.807, 2.05) is 20.8 Å². The molecule has 0 aliphatic heterocycles. The van der Waals surface area contributed by atoms with E-state index in [1.54, 1.807) is 43.3 Å². The Morgan fingerprint density at radius 1 is 1.11 bits per heavy atom. The van der Waals surface area contributed by atoms with Gasteiger partial charge in [0, 0.05) is 16.7 Å². The second-order valence-electron chi connectivity index (χ2n) is 7.26. The predicted molar refractivity (Wildman–Crippen MR) is 106 cm³/mol. The maximum atomic E-state index is 12.7. The fourth-order valence-corrected chi connectivity index (χ4v) is 2.99. The number of carbonyl (C=O) groups excluding carboxylic acids is 2. The molecule has 8 heteroatoms. The summed E-state index contributed by atoms with van der Waals surface area (Å²) in [5.74, 6) is 0.591. The molecule has 1 N–H and O–H groups in total. The summed E-state index contributed by atoms with van der Waals surface area (Å²) in [6.45, 7) is 7.30. The van der Waals surface area contributed by atoms with Gasteiger partial charge in [-0.2, -0.15) is 0 Å². The molecule has 3 aromatic rings. The summed E-state index contributed by atoms with van der Waals surface area (Å²) in [7, 11) is 0. The van der Waals surface area contributed by atoms with Gasteiger partial charge in [0.1, 0.15) is 0 Å². The number of anilines is 1. The van der Waals surface area contributed by atoms with Crippen molar-refractivity contribution >= 4 is 29.1 Å². The molecule has 7 nitrogen and oxygen atoms in total. The van der Waals surface area contributed by atoms with E-state index in [0.29, 0.717) is 22.2 Å². The van der Waals surface area contributed by atoms with Crippen molar-refractivity contribution in [3.05, 3.63) is 48.2 Å². The number of Topliss-reactive ketones (excluding diaryl/α,β-unsaturated/α-hetero) is 1. The number of hydrogen-bond acceptors (Lipinski definition) is 7. The number of ketones is 1. The summed E-state index contributed by atoms with van der Waals surface area (Å²) in [4.78, 5) is 24.7. The Kier molecular flexibility index (Phi) is 5.69. The van der Waals surface area contributed by atoms with Crippen LogP contribution in [-0.4, -0.2) is 27.1 Å². The molecule has 1 amide bonds. The Hall–Kier alpha value is -2.87. The average molecular weight is 399 g/mol. The second-order valence-corrected chi connectivity index (χ2v) is 8.55. The summed E-state index contributed by atoms with van der Waals surface area (Å²) in [6.07, 6.45) is 1.52. The molecule has 0 fully saturated rings. The number of carbonyl (C=O) groups is 2. The standard InChI is InChI=1S/C20H21N3O4S/c1-12(28-19-23-22-17(27-19)15-6-5-11-26-15)16(24)13-7-9-14(10-8-13)21-18(25)20(2,3)4/h5-12H,1-4H3,(H,21,25)/t12-/m1/s1. The lowest BCUT2D eigenvalue weighted by Gasteiger charge is -2.17. The minimum absolute atomic E-state index is 0.0727. The molecule has 0 spiro atoms. The van der Waals surface area contributed by atoms with Gasteiger partial charge in [-0.05, 0) is 43.3 Å². The van der Waals surface area contributed by atoms with Crippen LogP contribution in [-0.2, 0) is 4.79 Å². The topological polar surface area (TPSA) is 98.2 Å². The monoisotopic (exact) mass is 399 g/mol. The lowest BCUT2D eigenvalue weighted by molar-refractivity contribution is -0.123. The van der Waals surface area contributed by atoms with Crippen LogP contribution >= 0.6 is 11.8 Å². The van der Waals surface area contributed by atoms with Crippen molar-refractivity contribution in [2.45, 2.75) is 38.2 Å². The molecule has 0 saturated heterocycles. The first-order chi connectivity index (χ1) is 13.2. The molecule has 0 unspecified atom stereocenters. The highest BCUT2D eigenvalue weighted by atomic mass is 32.2. The van der Waals surface area contributed by atoms with Crippen molar-refractivity contribution in [2.24, 2.45) is 5.41 Å². The van der Waals surface area contributed by atoms with Crippen LogP contribution in [0.4, 0.5) is 5.69 Å². The van der Waals surface area contributed by atoms with Gasteiger partial charge in [0.15, 0.2) is 11.5 Å². The zero-order chi connectivity index (χ0) is 20.3. The van der Waals surface area contributed by atoms with Crippen molar-refractivity contribution in [2.75, 3.05) is 5.32 Å². The van der Waals surface area contributed by atoms with Crippen LogP contribution in [0.1, 0.15) is 38.1 Å². The molecule has 2 aromatic heterocycles. The number of furan rings is 1. The van der Waals surface area contributed by atoms with Crippen molar-refractivity contribution in [1.29, 1.82) is 0 Å². The third kappa shape index (κ3) is 4.69. The Balaban J connectivity index is 1.62. The van der Waals surface area contributed by atoms with E-state index in [0.717, 1.165) is 0 Å². The van der Waals surface area contributed by atoms with Gasteiger partial charge in [-0.15, -0.1) is 10.2 Å². The van der Waals surface area contributed by atoms with Crippen LogP contribution in [0.25, 0.3) is 11.7 Å². The Labute approximate surface area is 166 Å². The maximum Gasteiger partial charge on any atom is 0.284 e. The molecule has 0 bridgehead atoms. The minimum atomic E-state index is -0.488. The van der Waals surface area contributed by atoms with E-state index in [4.69, 9.17) is 8.83 Å². The fraction of sp³-hybridized carbons (Fsp3) is 0.300. The summed E-state index contributed by atoms with van der Waals surface area (Å²) < 4.78 is 10.7. The molecule has 0 radical (unpaired) electrons. The molecule has 3 rings (SSSR count). The molecule has 146 valence electrons. The molecule has 0 aliphatic carbocycles. The SMILES string of the molecule is C[C@@H](Sc1nnc(-c2ccco2)o1)C(=O)c1ccc(NC(=O)C(C)(C)C)cc1. The van der Waals surface area contributed by atoms with Crippen LogP contribution in [0.15, 0.2) is 56.7 Å². The zero-order valence-corrected chi connectivity index (χ0v) is 16.9. The summed E-state index contributed by atoms with van der Waals surface area (Å²) >= 11 is 1.18. The van der Waals surface area contributed by atoms with Gasteiger partial charge in [-0.25, -0.2) is 0 Å². The van der Waals surface area contributed by atoms with Crippen molar-refractivity contribution in [1.82, 2.24) is 10.2 Å². The van der Waals surface area contributed by atoms with Gasteiger partial charge in [-0.1, -0.05) is 32.5 Å². The van der Waals surface area contributed by atoms with Crippen LogP contribution in [0.5, 0.6) is 0 Å². The normalized spacial score (nSPS) is 12.6. The van der Waals surface area contributed by atoms with E-state index in [1.165, 1.54) is 18.0 Å². The first-order valence-electron chi connectivity index (χ1n) is 8.74. The van der Waals surface area contributed by atoms with E-state index < -0.39 is 10.7 Å². The van der Waals surface area contributed by atoms with Gasteiger partial charge in [0.25, 0.3) is 11.1 Å². The first-order valence-corrected chi connectivity index (χ1v) is 9.62. The number of aromatic nitrogens is 2. The number of hydrogen-bond donors (Lipinski definition) is 1. The number of thioether (sulfide) groups is 1. The van der Waals surface area contributed by atoms with Gasteiger partial charge in [0.2, 0.25) is 5.91 Å². The number of benzene rings is 1. The van der Waals surface area contributed by atoms with Gasteiger partial charge in [-0.3, -0.25) is 9.59 Å². The van der Waals surface area contributed by atoms with Crippen LogP contribution in [0, 0.1) is 5.41 Å². The molecule has 0 saturated carbocycles. The number of amides is 1. The minimum Gasteiger partial charge on any atom is -0.459 e. The molecule has 28 heavy (non-hydrogen) atoms. The van der Waals surface area contributed by atoms with E-state index in [9.17, 15) is 9.59 Å². The predicted octanol–water partition coefficient (Wildman–Crippen LogP) is 4.68. The van der Waals surface area contributed by atoms with Crippen LogP contribution in [0.2, 0.25) is 0 Å². The summed E-state index contributed by atoms with van der Waals surface area (Å²) in [5, 5.41) is 10.6. The largest absolute Gasteiger partial charge is 0.459 e. The van der Waals surface area contributed by atoms with Gasteiger partial charge >= 0.3 is 0 Å². The molecular weight excluding hydrogens is 378 g/mol.